The summed E-state index contributed by atoms with van der Waals surface area (Å²) in [5.74, 6) is 0.746. The fourth-order valence-corrected chi connectivity index (χ4v) is 2.73. The lowest BCUT2D eigenvalue weighted by Gasteiger charge is -2.38. The summed E-state index contributed by atoms with van der Waals surface area (Å²) in [6.45, 7) is 5.01. The van der Waals surface area contributed by atoms with Gasteiger partial charge in [0, 0.05) is 13.7 Å². The SMILES string of the molecule is COCCC1(C(=O)O)CCC(C(C)C)CC1. The molecule has 1 rings (SSSR count). The first kappa shape index (κ1) is 13.5. The normalized spacial score (nSPS) is 30.6. The molecule has 0 heterocycles. The molecule has 0 radical (unpaired) electrons. The maximum Gasteiger partial charge on any atom is 0.309 e. The van der Waals surface area contributed by atoms with Crippen molar-refractivity contribution in [3.05, 3.63) is 0 Å². The molecular formula is C13H24O3. The van der Waals surface area contributed by atoms with E-state index in [0.717, 1.165) is 25.7 Å². The highest BCUT2D eigenvalue weighted by atomic mass is 16.5. The van der Waals surface area contributed by atoms with E-state index in [4.69, 9.17) is 4.74 Å². The lowest BCUT2D eigenvalue weighted by atomic mass is 9.66. The molecule has 0 amide bonds. The molecule has 0 atom stereocenters. The highest BCUT2D eigenvalue weighted by Gasteiger charge is 2.41. The fraction of sp³-hybridized carbons (Fsp3) is 0.923. The van der Waals surface area contributed by atoms with Crippen molar-refractivity contribution in [3.8, 4) is 0 Å². The van der Waals surface area contributed by atoms with Crippen LogP contribution in [0.5, 0.6) is 0 Å². The number of ether oxygens (including phenoxy) is 1. The Hall–Kier alpha value is -0.570. The van der Waals surface area contributed by atoms with E-state index in [1.807, 2.05) is 0 Å². The standard InChI is InChI=1S/C13H24O3/c1-10(2)11-4-6-13(7-5-11,12(14)15)8-9-16-3/h10-11H,4-9H2,1-3H3,(H,14,15). The van der Waals surface area contributed by atoms with Gasteiger partial charge in [0.2, 0.25) is 0 Å². The Morgan fingerprint density at radius 1 is 1.44 bits per heavy atom. The second-order valence-electron chi connectivity index (χ2n) is 5.41. The van der Waals surface area contributed by atoms with Crippen molar-refractivity contribution in [1.29, 1.82) is 0 Å². The average Bonchev–Trinajstić information content (AvgIpc) is 2.26. The van der Waals surface area contributed by atoms with Gasteiger partial charge in [0.25, 0.3) is 0 Å². The van der Waals surface area contributed by atoms with E-state index in [-0.39, 0.29) is 0 Å². The Kier molecular flexibility index (Phi) is 4.78. The van der Waals surface area contributed by atoms with Crippen LogP contribution in [0.1, 0.15) is 46.0 Å². The van der Waals surface area contributed by atoms with Crippen LogP contribution in [0.15, 0.2) is 0 Å². The van der Waals surface area contributed by atoms with Crippen molar-refractivity contribution >= 4 is 5.97 Å². The van der Waals surface area contributed by atoms with Gasteiger partial charge in [-0.25, -0.2) is 0 Å². The monoisotopic (exact) mass is 228 g/mol. The first-order valence-corrected chi connectivity index (χ1v) is 6.24. The van der Waals surface area contributed by atoms with Crippen LogP contribution in [0.25, 0.3) is 0 Å². The smallest absolute Gasteiger partial charge is 0.309 e. The third kappa shape index (κ3) is 2.97. The molecule has 1 aliphatic carbocycles. The molecule has 0 aromatic carbocycles. The van der Waals surface area contributed by atoms with Crippen molar-refractivity contribution < 1.29 is 14.6 Å². The van der Waals surface area contributed by atoms with E-state index >= 15 is 0 Å². The van der Waals surface area contributed by atoms with E-state index in [0.29, 0.717) is 24.9 Å². The van der Waals surface area contributed by atoms with Crippen LogP contribution in [0, 0.1) is 17.3 Å². The van der Waals surface area contributed by atoms with E-state index in [9.17, 15) is 9.90 Å². The maximum absolute atomic E-state index is 11.4. The van der Waals surface area contributed by atoms with E-state index in [1.54, 1.807) is 7.11 Å². The molecule has 3 nitrogen and oxygen atoms in total. The van der Waals surface area contributed by atoms with Crippen LogP contribution in [0.2, 0.25) is 0 Å². The lowest BCUT2D eigenvalue weighted by molar-refractivity contribution is -0.153. The van der Waals surface area contributed by atoms with E-state index < -0.39 is 11.4 Å². The van der Waals surface area contributed by atoms with Gasteiger partial charge in [-0.15, -0.1) is 0 Å². The van der Waals surface area contributed by atoms with Crippen LogP contribution in [-0.2, 0) is 9.53 Å². The van der Waals surface area contributed by atoms with Crippen LogP contribution in [0.3, 0.4) is 0 Å². The second-order valence-corrected chi connectivity index (χ2v) is 5.41. The summed E-state index contributed by atoms with van der Waals surface area (Å²) in [5, 5.41) is 9.38. The summed E-state index contributed by atoms with van der Waals surface area (Å²) >= 11 is 0. The molecule has 1 N–H and O–H groups in total. The Balaban J connectivity index is 2.59. The summed E-state index contributed by atoms with van der Waals surface area (Å²) in [7, 11) is 1.63. The number of carboxylic acids is 1. The largest absolute Gasteiger partial charge is 0.481 e. The van der Waals surface area contributed by atoms with Crippen LogP contribution < -0.4 is 0 Å². The predicted octanol–water partition coefficient (Wildman–Crippen LogP) is 2.94. The molecule has 0 saturated heterocycles. The van der Waals surface area contributed by atoms with E-state index in [2.05, 4.69) is 13.8 Å². The van der Waals surface area contributed by atoms with Gasteiger partial charge in [-0.3, -0.25) is 4.79 Å². The van der Waals surface area contributed by atoms with Gasteiger partial charge in [-0.2, -0.15) is 0 Å². The van der Waals surface area contributed by atoms with Gasteiger partial charge in [0.1, 0.15) is 0 Å². The van der Waals surface area contributed by atoms with Crippen molar-refractivity contribution in [2.75, 3.05) is 13.7 Å². The average molecular weight is 228 g/mol. The highest BCUT2D eigenvalue weighted by Crippen LogP contribution is 2.43. The van der Waals surface area contributed by atoms with E-state index in [1.165, 1.54) is 0 Å². The van der Waals surface area contributed by atoms with Crippen LogP contribution in [0.4, 0.5) is 0 Å². The fourth-order valence-electron chi connectivity index (χ4n) is 2.73. The lowest BCUT2D eigenvalue weighted by Crippen LogP contribution is -2.37. The molecule has 0 unspecified atom stereocenters. The summed E-state index contributed by atoms with van der Waals surface area (Å²) in [6.07, 6.45) is 4.38. The Morgan fingerprint density at radius 2 is 2.00 bits per heavy atom. The predicted molar refractivity (Wildman–Crippen MR) is 63.4 cm³/mol. The van der Waals surface area contributed by atoms with Gasteiger partial charge in [-0.1, -0.05) is 13.8 Å². The van der Waals surface area contributed by atoms with Crippen LogP contribution >= 0.6 is 0 Å². The van der Waals surface area contributed by atoms with Gasteiger partial charge < -0.3 is 9.84 Å². The summed E-state index contributed by atoms with van der Waals surface area (Å²) in [6, 6.07) is 0. The third-order valence-corrected chi connectivity index (χ3v) is 4.17. The first-order valence-electron chi connectivity index (χ1n) is 6.24. The maximum atomic E-state index is 11.4. The molecule has 1 saturated carbocycles. The quantitative estimate of drug-likeness (QED) is 0.787. The van der Waals surface area contributed by atoms with Crippen LogP contribution in [-0.4, -0.2) is 24.8 Å². The number of carboxylic acid groups (broad SMARTS) is 1. The molecule has 3 heteroatoms. The number of hydrogen-bond acceptors (Lipinski definition) is 2. The van der Waals surface area contributed by atoms with Gasteiger partial charge in [0.15, 0.2) is 0 Å². The zero-order chi connectivity index (χ0) is 12.2. The molecule has 0 bridgehead atoms. The van der Waals surface area contributed by atoms with Gasteiger partial charge in [0.05, 0.1) is 5.41 Å². The van der Waals surface area contributed by atoms with Crippen molar-refractivity contribution in [2.45, 2.75) is 46.0 Å². The molecule has 1 aliphatic rings. The molecule has 94 valence electrons. The minimum Gasteiger partial charge on any atom is -0.481 e. The Labute approximate surface area is 98.2 Å². The molecule has 0 spiro atoms. The van der Waals surface area contributed by atoms with Crippen molar-refractivity contribution in [2.24, 2.45) is 17.3 Å². The summed E-state index contributed by atoms with van der Waals surface area (Å²) < 4.78 is 5.03. The first-order chi connectivity index (χ1) is 7.52. The van der Waals surface area contributed by atoms with Crippen molar-refractivity contribution in [3.63, 3.8) is 0 Å². The number of hydrogen-bond donors (Lipinski definition) is 1. The molecular weight excluding hydrogens is 204 g/mol. The number of rotatable bonds is 5. The summed E-state index contributed by atoms with van der Waals surface area (Å²) in [4.78, 5) is 11.4. The number of aliphatic carboxylic acids is 1. The Morgan fingerprint density at radius 3 is 2.38 bits per heavy atom. The minimum absolute atomic E-state index is 0.512. The zero-order valence-electron chi connectivity index (χ0n) is 10.7. The topological polar surface area (TPSA) is 46.5 Å². The molecule has 0 aromatic rings. The molecule has 0 aromatic heterocycles. The number of methoxy groups -OCH3 is 1. The summed E-state index contributed by atoms with van der Waals surface area (Å²) in [5.41, 5.74) is -0.512. The third-order valence-electron chi connectivity index (χ3n) is 4.17. The number of carbonyl (C=O) groups is 1. The second kappa shape index (κ2) is 5.67. The molecule has 16 heavy (non-hydrogen) atoms. The molecule has 0 aliphatic heterocycles. The zero-order valence-corrected chi connectivity index (χ0v) is 10.7. The highest BCUT2D eigenvalue weighted by molar-refractivity contribution is 5.74. The Bertz CT molecular complexity index is 227. The van der Waals surface area contributed by atoms with Gasteiger partial charge in [-0.05, 0) is 43.9 Å². The van der Waals surface area contributed by atoms with Gasteiger partial charge >= 0.3 is 5.97 Å². The van der Waals surface area contributed by atoms with Crippen molar-refractivity contribution in [1.82, 2.24) is 0 Å². The minimum atomic E-state index is -0.633. The molecule has 1 fully saturated rings.